The molecule has 0 saturated carbocycles. The number of amides is 1. The maximum Gasteiger partial charge on any atom is 1.00 e. The minimum Gasteiger partial charge on any atom is -0.508 e. The van der Waals surface area contributed by atoms with Crippen molar-refractivity contribution in [1.29, 1.82) is 0 Å². The molecule has 1 fully saturated rings. The number of phenolic OH excluding ortho intramolecular Hbond substituents is 1. The molecule has 1 aromatic rings. The van der Waals surface area contributed by atoms with Gasteiger partial charge < -0.3 is 16.9 Å². The molecule has 0 radical (unpaired) electrons. The van der Waals surface area contributed by atoms with Gasteiger partial charge in [0.15, 0.2) is 0 Å². The number of hydrogen-bond donors (Lipinski definition) is 1. The van der Waals surface area contributed by atoms with Crippen molar-refractivity contribution >= 4 is 5.91 Å². The molecule has 0 aliphatic carbocycles. The predicted molar refractivity (Wildman–Crippen MR) is 91.8 cm³/mol. The Hall–Kier alpha value is -0.913. The Balaban J connectivity index is 0.000000871. The SMILES string of the molecule is CCC1(c2cccc(O)c2)CCCCN(C)C1=O.[CH2-]CCC.[Li+]. The van der Waals surface area contributed by atoms with Crippen LogP contribution in [0, 0.1) is 6.92 Å². The summed E-state index contributed by atoms with van der Waals surface area (Å²) in [6.45, 7) is 8.61. The molecular formula is C19H30LiNO2. The molecule has 1 N–H and O–H groups in total. The number of likely N-dealkylation sites (N-methyl/N-ethyl adjacent to an activating group) is 1. The van der Waals surface area contributed by atoms with Gasteiger partial charge >= 0.3 is 18.9 Å². The van der Waals surface area contributed by atoms with Gasteiger partial charge in [-0.05, 0) is 37.0 Å². The van der Waals surface area contributed by atoms with E-state index >= 15 is 0 Å². The molecule has 1 aliphatic heterocycles. The molecule has 23 heavy (non-hydrogen) atoms. The van der Waals surface area contributed by atoms with Gasteiger partial charge in [-0.15, -0.1) is 0 Å². The average molecular weight is 311 g/mol. The van der Waals surface area contributed by atoms with Crippen LogP contribution in [-0.2, 0) is 10.2 Å². The molecule has 1 saturated heterocycles. The van der Waals surface area contributed by atoms with Crippen molar-refractivity contribution in [3.8, 4) is 5.75 Å². The van der Waals surface area contributed by atoms with E-state index in [2.05, 4.69) is 20.8 Å². The van der Waals surface area contributed by atoms with E-state index in [1.54, 1.807) is 12.1 Å². The number of nitrogens with zero attached hydrogens (tertiary/aromatic N) is 1. The van der Waals surface area contributed by atoms with Gasteiger partial charge in [0.25, 0.3) is 0 Å². The van der Waals surface area contributed by atoms with Crippen molar-refractivity contribution in [2.24, 2.45) is 0 Å². The van der Waals surface area contributed by atoms with E-state index < -0.39 is 5.41 Å². The second-order valence-electron chi connectivity index (χ2n) is 6.02. The van der Waals surface area contributed by atoms with E-state index in [9.17, 15) is 9.90 Å². The summed E-state index contributed by atoms with van der Waals surface area (Å²) >= 11 is 0. The zero-order valence-corrected chi connectivity index (χ0v) is 15.3. The molecular weight excluding hydrogens is 281 g/mol. The van der Waals surface area contributed by atoms with Gasteiger partial charge in [0.2, 0.25) is 5.91 Å². The molecule has 1 aliphatic rings. The summed E-state index contributed by atoms with van der Waals surface area (Å²) in [5.41, 5.74) is 0.494. The summed E-state index contributed by atoms with van der Waals surface area (Å²) in [7, 11) is 1.88. The summed E-state index contributed by atoms with van der Waals surface area (Å²) in [5.74, 6) is 0.424. The van der Waals surface area contributed by atoms with Gasteiger partial charge in [0, 0.05) is 13.6 Å². The molecule has 2 rings (SSSR count). The fraction of sp³-hybridized carbons (Fsp3) is 0.579. The second-order valence-corrected chi connectivity index (χ2v) is 6.02. The van der Waals surface area contributed by atoms with E-state index in [-0.39, 0.29) is 30.5 Å². The molecule has 124 valence electrons. The standard InChI is InChI=1S/C15H21NO2.C4H9.Li/c1-3-15(12-7-6-8-13(17)11-12)9-4-5-10-16(2)14(15)18;1-3-4-2;/h6-8,11,17H,3-5,9-10H2,1-2H3;1,3-4H2,2H3;/q;-1;+1. The summed E-state index contributed by atoms with van der Waals surface area (Å²) < 4.78 is 0. The first kappa shape index (κ1) is 22.1. The molecule has 1 unspecified atom stereocenters. The van der Waals surface area contributed by atoms with Crippen LogP contribution in [0.2, 0.25) is 0 Å². The second kappa shape index (κ2) is 10.8. The average Bonchev–Trinajstić information content (AvgIpc) is 2.68. The maximum atomic E-state index is 12.7. The van der Waals surface area contributed by atoms with Gasteiger partial charge in [-0.1, -0.05) is 38.8 Å². The van der Waals surface area contributed by atoms with Crippen LogP contribution in [0.1, 0.15) is 57.9 Å². The van der Waals surface area contributed by atoms with Crippen LogP contribution >= 0.6 is 0 Å². The molecule has 0 bridgehead atoms. The van der Waals surface area contributed by atoms with Gasteiger partial charge in [0.1, 0.15) is 5.75 Å². The van der Waals surface area contributed by atoms with Gasteiger partial charge in [-0.25, -0.2) is 0 Å². The summed E-state index contributed by atoms with van der Waals surface area (Å²) in [6, 6.07) is 7.17. The van der Waals surface area contributed by atoms with E-state index in [1.165, 1.54) is 6.42 Å². The minimum absolute atomic E-state index is 0. The number of carbonyl (C=O) groups excluding carboxylic acids is 1. The first-order valence-electron chi connectivity index (χ1n) is 8.36. The Morgan fingerprint density at radius 1 is 1.30 bits per heavy atom. The van der Waals surface area contributed by atoms with Crippen molar-refractivity contribution in [3.63, 3.8) is 0 Å². The van der Waals surface area contributed by atoms with Crippen molar-refractivity contribution < 1.29 is 28.8 Å². The van der Waals surface area contributed by atoms with Gasteiger partial charge in [-0.2, -0.15) is 6.42 Å². The third-order valence-corrected chi connectivity index (χ3v) is 4.46. The topological polar surface area (TPSA) is 40.5 Å². The number of rotatable bonds is 3. The summed E-state index contributed by atoms with van der Waals surface area (Å²) in [6.07, 6.45) is 6.04. The van der Waals surface area contributed by atoms with E-state index in [0.717, 1.165) is 44.2 Å². The molecule has 1 atom stereocenters. The number of unbranched alkanes of at least 4 members (excludes halogenated alkanes) is 1. The normalized spacial score (nSPS) is 20.9. The summed E-state index contributed by atoms with van der Waals surface area (Å²) in [5, 5.41) is 9.65. The number of carbonyl (C=O) groups is 1. The molecule has 4 heteroatoms. The van der Waals surface area contributed by atoms with E-state index in [1.807, 2.05) is 24.1 Å². The first-order valence-corrected chi connectivity index (χ1v) is 8.36. The van der Waals surface area contributed by atoms with Crippen LogP contribution in [0.25, 0.3) is 0 Å². The Labute approximate surface area is 153 Å². The fourth-order valence-corrected chi connectivity index (χ4v) is 2.95. The van der Waals surface area contributed by atoms with Crippen molar-refractivity contribution in [2.45, 2.75) is 57.8 Å². The molecule has 1 aromatic carbocycles. The predicted octanol–water partition coefficient (Wildman–Crippen LogP) is 1.31. The maximum absolute atomic E-state index is 12.7. The Morgan fingerprint density at radius 3 is 2.48 bits per heavy atom. The third-order valence-electron chi connectivity index (χ3n) is 4.46. The molecule has 1 heterocycles. The largest absolute Gasteiger partial charge is 1.00 e. The first-order chi connectivity index (χ1) is 10.5. The molecule has 0 aromatic heterocycles. The Morgan fingerprint density at radius 2 is 1.96 bits per heavy atom. The van der Waals surface area contributed by atoms with Crippen molar-refractivity contribution in [1.82, 2.24) is 4.90 Å². The van der Waals surface area contributed by atoms with Gasteiger partial charge in [-0.3, -0.25) is 4.79 Å². The number of phenols is 1. The number of hydrogen-bond acceptors (Lipinski definition) is 2. The van der Waals surface area contributed by atoms with Gasteiger partial charge in [0.05, 0.1) is 5.41 Å². The van der Waals surface area contributed by atoms with Crippen LogP contribution < -0.4 is 18.9 Å². The Kier molecular flexibility index (Phi) is 10.4. The fourth-order valence-electron chi connectivity index (χ4n) is 2.95. The van der Waals surface area contributed by atoms with Crippen molar-refractivity contribution in [2.75, 3.05) is 13.6 Å². The number of likely N-dealkylation sites (tertiary alicyclic amines) is 1. The van der Waals surface area contributed by atoms with E-state index in [0.29, 0.717) is 0 Å². The number of aromatic hydroxyl groups is 1. The quantitative estimate of drug-likeness (QED) is 0.675. The zero-order chi connectivity index (χ0) is 16.6. The Bertz CT molecular complexity index is 476. The van der Waals surface area contributed by atoms with Crippen LogP contribution in [0.5, 0.6) is 5.75 Å². The molecule has 1 amide bonds. The molecule has 0 spiro atoms. The zero-order valence-electron chi connectivity index (χ0n) is 15.3. The van der Waals surface area contributed by atoms with Crippen LogP contribution in [0.3, 0.4) is 0 Å². The smallest absolute Gasteiger partial charge is 0.508 e. The van der Waals surface area contributed by atoms with Crippen LogP contribution in [0.15, 0.2) is 24.3 Å². The third kappa shape index (κ3) is 5.59. The molecule has 3 nitrogen and oxygen atoms in total. The van der Waals surface area contributed by atoms with E-state index in [4.69, 9.17) is 0 Å². The monoisotopic (exact) mass is 311 g/mol. The number of benzene rings is 1. The van der Waals surface area contributed by atoms with Crippen LogP contribution in [-0.4, -0.2) is 29.5 Å². The van der Waals surface area contributed by atoms with Crippen molar-refractivity contribution in [3.05, 3.63) is 36.8 Å². The van der Waals surface area contributed by atoms with Crippen LogP contribution in [0.4, 0.5) is 0 Å². The minimum atomic E-state index is -0.454. The summed E-state index contributed by atoms with van der Waals surface area (Å²) in [4.78, 5) is 14.5.